The number of urea groups is 1. The molecule has 1 aliphatic carbocycles. The molecule has 1 saturated carbocycles. The lowest BCUT2D eigenvalue weighted by Gasteiger charge is -2.28. The Hall–Kier alpha value is -1.59. The normalized spacial score (nSPS) is 23.1. The van der Waals surface area contributed by atoms with Crippen LogP contribution in [0.5, 0.6) is 0 Å². The molecule has 6 nitrogen and oxygen atoms in total. The molecule has 1 aliphatic heterocycles. The Balaban J connectivity index is 1.72. The van der Waals surface area contributed by atoms with E-state index in [1.807, 2.05) is 25.7 Å². The molecule has 0 bridgehead atoms. The molecule has 0 aromatic carbocycles. The third kappa shape index (κ3) is 2.78. The molecule has 110 valence electrons. The van der Waals surface area contributed by atoms with E-state index in [-0.39, 0.29) is 17.6 Å². The predicted octanol–water partition coefficient (Wildman–Crippen LogP) is 2.59. The molecule has 1 saturated heterocycles. The van der Waals surface area contributed by atoms with E-state index in [2.05, 4.69) is 15.5 Å². The summed E-state index contributed by atoms with van der Waals surface area (Å²) in [4.78, 5) is 18.6. The summed E-state index contributed by atoms with van der Waals surface area (Å²) in [6, 6.07) is -0.122. The third-order valence-electron chi connectivity index (χ3n) is 3.68. The number of hydrogen-bond donors (Lipinski definition) is 1. The minimum absolute atomic E-state index is 0.0498. The molecule has 2 heterocycles. The van der Waals surface area contributed by atoms with E-state index in [0.29, 0.717) is 11.8 Å². The first kappa shape index (κ1) is 13.4. The third-order valence-corrected chi connectivity index (χ3v) is 3.68. The summed E-state index contributed by atoms with van der Waals surface area (Å²) in [7, 11) is 0. The van der Waals surface area contributed by atoms with Gasteiger partial charge in [-0.1, -0.05) is 5.16 Å². The van der Waals surface area contributed by atoms with Crippen LogP contribution in [0.1, 0.15) is 70.1 Å². The van der Waals surface area contributed by atoms with Crippen LogP contribution in [0, 0.1) is 0 Å². The molecule has 1 unspecified atom stereocenters. The van der Waals surface area contributed by atoms with Gasteiger partial charge < -0.3 is 14.7 Å². The molecule has 0 spiro atoms. The Morgan fingerprint density at radius 2 is 2.10 bits per heavy atom. The average Bonchev–Trinajstić information content (AvgIpc) is 2.91. The van der Waals surface area contributed by atoms with Crippen LogP contribution in [0.4, 0.5) is 4.79 Å². The summed E-state index contributed by atoms with van der Waals surface area (Å²) in [6.07, 6.45) is 4.17. The van der Waals surface area contributed by atoms with Gasteiger partial charge in [-0.25, -0.2) is 4.79 Å². The molecular formula is C14H22N4O2. The molecule has 2 amide bonds. The highest BCUT2D eigenvalue weighted by Gasteiger charge is 2.37. The van der Waals surface area contributed by atoms with Gasteiger partial charge in [0.2, 0.25) is 5.89 Å². The van der Waals surface area contributed by atoms with Gasteiger partial charge in [0.25, 0.3) is 0 Å². The van der Waals surface area contributed by atoms with E-state index >= 15 is 0 Å². The number of hydrogen-bond acceptors (Lipinski definition) is 4. The molecule has 2 aliphatic rings. The molecule has 1 aromatic rings. The second kappa shape index (κ2) is 4.75. The largest absolute Gasteiger partial charge is 0.337 e. The number of aromatic nitrogens is 2. The highest BCUT2D eigenvalue weighted by atomic mass is 16.5. The lowest BCUT2D eigenvalue weighted by Crippen LogP contribution is -2.48. The van der Waals surface area contributed by atoms with Crippen LogP contribution in [-0.2, 0) is 0 Å². The molecule has 1 N–H and O–H groups in total. The zero-order valence-electron chi connectivity index (χ0n) is 12.3. The van der Waals surface area contributed by atoms with E-state index in [1.165, 1.54) is 0 Å². The summed E-state index contributed by atoms with van der Waals surface area (Å²) in [6.45, 7) is 6.68. The number of amides is 2. The number of nitrogens with zero attached hydrogens (tertiary/aromatic N) is 3. The average molecular weight is 278 g/mol. The molecule has 3 rings (SSSR count). The molecule has 20 heavy (non-hydrogen) atoms. The van der Waals surface area contributed by atoms with Crippen molar-refractivity contribution in [3.05, 3.63) is 11.7 Å². The predicted molar refractivity (Wildman–Crippen MR) is 73.2 cm³/mol. The first-order valence-corrected chi connectivity index (χ1v) is 7.36. The van der Waals surface area contributed by atoms with Gasteiger partial charge in [-0.15, -0.1) is 0 Å². The van der Waals surface area contributed by atoms with Gasteiger partial charge in [-0.3, -0.25) is 0 Å². The van der Waals surface area contributed by atoms with E-state index in [9.17, 15) is 4.79 Å². The van der Waals surface area contributed by atoms with Gasteiger partial charge in [0.1, 0.15) is 6.04 Å². The van der Waals surface area contributed by atoms with Crippen molar-refractivity contribution in [3.8, 4) is 0 Å². The molecule has 6 heteroatoms. The number of nitrogens with one attached hydrogen (secondary N) is 1. The number of likely N-dealkylation sites (tertiary alicyclic amines) is 1. The quantitative estimate of drug-likeness (QED) is 0.902. The second-order valence-electron chi connectivity index (χ2n) is 6.80. The van der Waals surface area contributed by atoms with E-state index in [1.54, 1.807) is 0 Å². The van der Waals surface area contributed by atoms with Gasteiger partial charge in [0, 0.05) is 18.0 Å². The smallest absolute Gasteiger partial charge is 0.318 e. The molecule has 0 radical (unpaired) electrons. The Labute approximate surface area is 118 Å². The second-order valence-corrected chi connectivity index (χ2v) is 6.80. The lowest BCUT2D eigenvalue weighted by atomic mass is 10.1. The monoisotopic (exact) mass is 278 g/mol. The number of carbonyl (C=O) groups is 1. The van der Waals surface area contributed by atoms with Crippen LogP contribution >= 0.6 is 0 Å². The van der Waals surface area contributed by atoms with Crippen LogP contribution in [0.3, 0.4) is 0 Å². The maximum Gasteiger partial charge on any atom is 0.318 e. The first-order valence-electron chi connectivity index (χ1n) is 7.36. The maximum atomic E-state index is 12.3. The van der Waals surface area contributed by atoms with Crippen LogP contribution in [0.15, 0.2) is 4.52 Å². The van der Waals surface area contributed by atoms with Crippen molar-refractivity contribution in [2.75, 3.05) is 6.54 Å². The Kier molecular flexibility index (Phi) is 3.18. The van der Waals surface area contributed by atoms with E-state index < -0.39 is 0 Å². The van der Waals surface area contributed by atoms with Crippen LogP contribution < -0.4 is 5.32 Å². The SMILES string of the molecule is CC(C)(C)NC(=O)N1CCCC1c1nc(C2CC2)no1. The van der Waals surface area contributed by atoms with Crippen LogP contribution in [0.2, 0.25) is 0 Å². The highest BCUT2D eigenvalue weighted by Crippen LogP contribution is 2.39. The van der Waals surface area contributed by atoms with Crippen LogP contribution in [-0.4, -0.2) is 33.2 Å². The van der Waals surface area contributed by atoms with Gasteiger partial charge in [0.15, 0.2) is 5.82 Å². The van der Waals surface area contributed by atoms with Crippen molar-refractivity contribution in [1.82, 2.24) is 20.4 Å². The standard InChI is InChI=1S/C14H22N4O2/c1-14(2,3)16-13(19)18-8-4-5-10(18)12-15-11(17-20-12)9-6-7-9/h9-10H,4-8H2,1-3H3,(H,16,19). The Bertz CT molecular complexity index is 502. The number of carbonyl (C=O) groups excluding carboxylic acids is 1. The van der Waals surface area contributed by atoms with E-state index in [4.69, 9.17) is 4.52 Å². The minimum Gasteiger partial charge on any atom is -0.337 e. The topological polar surface area (TPSA) is 71.3 Å². The molecule has 1 atom stereocenters. The van der Waals surface area contributed by atoms with E-state index in [0.717, 1.165) is 38.1 Å². The van der Waals surface area contributed by atoms with Crippen molar-refractivity contribution in [3.63, 3.8) is 0 Å². The fourth-order valence-electron chi connectivity index (χ4n) is 2.55. The van der Waals surface area contributed by atoms with Crippen molar-refractivity contribution >= 4 is 6.03 Å². The van der Waals surface area contributed by atoms with Gasteiger partial charge in [-0.2, -0.15) is 4.98 Å². The summed E-state index contributed by atoms with van der Waals surface area (Å²) >= 11 is 0. The lowest BCUT2D eigenvalue weighted by molar-refractivity contribution is 0.172. The summed E-state index contributed by atoms with van der Waals surface area (Å²) in [5.74, 6) is 1.88. The number of rotatable bonds is 2. The van der Waals surface area contributed by atoms with Gasteiger partial charge in [-0.05, 0) is 46.5 Å². The zero-order chi connectivity index (χ0) is 14.3. The Morgan fingerprint density at radius 3 is 2.75 bits per heavy atom. The maximum absolute atomic E-state index is 12.3. The molecule has 2 fully saturated rings. The van der Waals surface area contributed by atoms with Crippen molar-refractivity contribution < 1.29 is 9.32 Å². The first-order chi connectivity index (χ1) is 9.44. The fraction of sp³-hybridized carbons (Fsp3) is 0.786. The molecular weight excluding hydrogens is 256 g/mol. The fourth-order valence-corrected chi connectivity index (χ4v) is 2.55. The Morgan fingerprint density at radius 1 is 1.35 bits per heavy atom. The van der Waals surface area contributed by atoms with Crippen LogP contribution in [0.25, 0.3) is 0 Å². The zero-order valence-corrected chi connectivity index (χ0v) is 12.3. The minimum atomic E-state index is -0.238. The summed E-state index contributed by atoms with van der Waals surface area (Å²) in [5.41, 5.74) is -0.238. The van der Waals surface area contributed by atoms with Crippen molar-refractivity contribution in [2.45, 2.75) is 64.0 Å². The van der Waals surface area contributed by atoms with Crippen molar-refractivity contribution in [1.29, 1.82) is 0 Å². The summed E-state index contributed by atoms with van der Waals surface area (Å²) in [5, 5.41) is 7.05. The summed E-state index contributed by atoms with van der Waals surface area (Å²) < 4.78 is 5.38. The van der Waals surface area contributed by atoms with Crippen molar-refractivity contribution in [2.24, 2.45) is 0 Å². The highest BCUT2D eigenvalue weighted by molar-refractivity contribution is 5.75. The van der Waals surface area contributed by atoms with Gasteiger partial charge in [0.05, 0.1) is 0 Å². The molecule has 1 aromatic heterocycles. The van der Waals surface area contributed by atoms with Gasteiger partial charge >= 0.3 is 6.03 Å².